The molecule has 2 aromatic carbocycles. The summed E-state index contributed by atoms with van der Waals surface area (Å²) < 4.78 is 0. The van der Waals surface area contributed by atoms with Crippen molar-refractivity contribution in [3.63, 3.8) is 0 Å². The molecule has 21 heavy (non-hydrogen) atoms. The van der Waals surface area contributed by atoms with Gasteiger partial charge in [-0.25, -0.2) is 0 Å². The molecule has 0 fully saturated rings. The Morgan fingerprint density at radius 3 is 2.43 bits per heavy atom. The van der Waals surface area contributed by atoms with Crippen molar-refractivity contribution in [2.75, 3.05) is 0 Å². The molecule has 4 heteroatoms. The summed E-state index contributed by atoms with van der Waals surface area (Å²) in [5.74, 6) is -1.57. The number of aliphatic carboxylic acids is 1. The Morgan fingerprint density at radius 2 is 1.81 bits per heavy atom. The molecule has 0 saturated heterocycles. The maximum Gasteiger partial charge on any atom is 0.306 e. The molecule has 2 N–H and O–H groups in total. The Labute approximate surface area is 128 Å². The second-order valence-corrected chi connectivity index (χ2v) is 5.47. The van der Waals surface area contributed by atoms with Crippen LogP contribution in [0.5, 0.6) is 0 Å². The van der Waals surface area contributed by atoms with Gasteiger partial charge in [-0.3, -0.25) is 4.79 Å². The topological polar surface area (TPSA) is 57.5 Å². The van der Waals surface area contributed by atoms with Crippen molar-refractivity contribution in [2.24, 2.45) is 5.92 Å². The summed E-state index contributed by atoms with van der Waals surface area (Å²) in [5.41, 5.74) is 1.59. The predicted molar refractivity (Wildman–Crippen MR) is 82.3 cm³/mol. The molecule has 0 aromatic heterocycles. The zero-order valence-corrected chi connectivity index (χ0v) is 12.2. The number of hydrogen-bond donors (Lipinski definition) is 2. The lowest BCUT2D eigenvalue weighted by Gasteiger charge is -2.17. The maximum absolute atomic E-state index is 11.4. The molecule has 2 aromatic rings. The third-order valence-corrected chi connectivity index (χ3v) is 3.65. The number of halogens is 1. The van der Waals surface area contributed by atoms with Crippen LogP contribution in [0.4, 0.5) is 0 Å². The van der Waals surface area contributed by atoms with Crippen molar-refractivity contribution in [1.82, 2.24) is 0 Å². The standard InChI is InChI=1S/C17H17ClO3/c18-15-8-4-5-12(10-15)9-14(17(20)21)11-16(19)13-6-2-1-3-7-13/h1-8,10,14,16,19H,9,11H2,(H,20,21). The van der Waals surface area contributed by atoms with Crippen molar-refractivity contribution in [2.45, 2.75) is 18.9 Å². The van der Waals surface area contributed by atoms with E-state index in [0.29, 0.717) is 11.4 Å². The lowest BCUT2D eigenvalue weighted by atomic mass is 9.91. The lowest BCUT2D eigenvalue weighted by Crippen LogP contribution is -2.19. The second kappa shape index (κ2) is 7.25. The minimum Gasteiger partial charge on any atom is -0.481 e. The van der Waals surface area contributed by atoms with E-state index in [0.717, 1.165) is 11.1 Å². The average Bonchev–Trinajstić information content (AvgIpc) is 2.47. The van der Waals surface area contributed by atoms with Crippen LogP contribution >= 0.6 is 11.6 Å². The highest BCUT2D eigenvalue weighted by atomic mass is 35.5. The van der Waals surface area contributed by atoms with E-state index >= 15 is 0 Å². The summed E-state index contributed by atoms with van der Waals surface area (Å²) in [6, 6.07) is 16.2. The molecule has 2 rings (SSSR count). The Kier molecular flexibility index (Phi) is 5.37. The Bertz CT molecular complexity index is 598. The molecule has 0 spiro atoms. The van der Waals surface area contributed by atoms with Gasteiger partial charge >= 0.3 is 5.97 Å². The SMILES string of the molecule is O=C(O)C(Cc1cccc(Cl)c1)CC(O)c1ccccc1. The van der Waals surface area contributed by atoms with Crippen molar-refractivity contribution >= 4 is 17.6 Å². The van der Waals surface area contributed by atoms with Crippen LogP contribution in [-0.2, 0) is 11.2 Å². The number of carbonyl (C=O) groups is 1. The molecule has 0 aliphatic carbocycles. The van der Waals surface area contributed by atoms with E-state index in [2.05, 4.69) is 0 Å². The molecule has 0 bridgehead atoms. The summed E-state index contributed by atoms with van der Waals surface area (Å²) in [6.07, 6.45) is -0.266. The zero-order valence-electron chi connectivity index (χ0n) is 11.4. The summed E-state index contributed by atoms with van der Waals surface area (Å²) in [4.78, 5) is 11.4. The van der Waals surface area contributed by atoms with Gasteiger partial charge in [0.1, 0.15) is 0 Å². The van der Waals surface area contributed by atoms with Gasteiger partial charge in [-0.15, -0.1) is 0 Å². The number of aliphatic hydroxyl groups excluding tert-OH is 1. The van der Waals surface area contributed by atoms with Crippen molar-refractivity contribution < 1.29 is 15.0 Å². The van der Waals surface area contributed by atoms with Crippen LogP contribution < -0.4 is 0 Å². The Balaban J connectivity index is 2.07. The highest BCUT2D eigenvalue weighted by Crippen LogP contribution is 2.24. The smallest absolute Gasteiger partial charge is 0.306 e. The lowest BCUT2D eigenvalue weighted by molar-refractivity contribution is -0.142. The molecule has 110 valence electrons. The molecule has 0 radical (unpaired) electrons. The molecular formula is C17H17ClO3. The molecule has 0 amide bonds. The number of aliphatic hydroxyl groups is 1. The van der Waals surface area contributed by atoms with Crippen LogP contribution in [0.2, 0.25) is 5.02 Å². The minimum atomic E-state index is -0.912. The summed E-state index contributed by atoms with van der Waals surface area (Å²) >= 11 is 5.91. The van der Waals surface area contributed by atoms with E-state index in [1.54, 1.807) is 30.3 Å². The molecule has 3 nitrogen and oxygen atoms in total. The van der Waals surface area contributed by atoms with E-state index < -0.39 is 18.0 Å². The van der Waals surface area contributed by atoms with Gasteiger partial charge in [0, 0.05) is 5.02 Å². The fourth-order valence-corrected chi connectivity index (χ4v) is 2.51. The number of hydrogen-bond acceptors (Lipinski definition) is 2. The first-order chi connectivity index (χ1) is 10.1. The third-order valence-electron chi connectivity index (χ3n) is 3.41. The van der Waals surface area contributed by atoms with Gasteiger partial charge < -0.3 is 10.2 Å². The number of carboxylic acids is 1. The van der Waals surface area contributed by atoms with Gasteiger partial charge in [0.2, 0.25) is 0 Å². The quantitative estimate of drug-likeness (QED) is 0.855. The molecule has 2 atom stereocenters. The zero-order chi connectivity index (χ0) is 15.2. The van der Waals surface area contributed by atoms with Gasteiger partial charge in [0.05, 0.1) is 12.0 Å². The van der Waals surface area contributed by atoms with Gasteiger partial charge in [-0.2, -0.15) is 0 Å². The first kappa shape index (κ1) is 15.5. The van der Waals surface area contributed by atoms with Crippen LogP contribution in [-0.4, -0.2) is 16.2 Å². The monoisotopic (exact) mass is 304 g/mol. The summed E-state index contributed by atoms with van der Waals surface area (Å²) in [7, 11) is 0. The molecule has 0 aliphatic rings. The third kappa shape index (κ3) is 4.59. The molecular weight excluding hydrogens is 288 g/mol. The Morgan fingerprint density at radius 1 is 1.10 bits per heavy atom. The fourth-order valence-electron chi connectivity index (χ4n) is 2.30. The fraction of sp³-hybridized carbons (Fsp3) is 0.235. The average molecular weight is 305 g/mol. The van der Waals surface area contributed by atoms with E-state index in [4.69, 9.17) is 11.6 Å². The summed E-state index contributed by atoms with van der Waals surface area (Å²) in [6.45, 7) is 0. The highest BCUT2D eigenvalue weighted by Gasteiger charge is 2.22. The molecule has 0 heterocycles. The molecule has 2 unspecified atom stereocenters. The van der Waals surface area contributed by atoms with Crippen LogP contribution in [0.15, 0.2) is 54.6 Å². The van der Waals surface area contributed by atoms with Gasteiger partial charge in [-0.05, 0) is 36.1 Å². The van der Waals surface area contributed by atoms with E-state index in [1.807, 2.05) is 24.3 Å². The normalized spacial score (nSPS) is 13.6. The predicted octanol–water partition coefficient (Wildman–Crippen LogP) is 3.71. The number of rotatable bonds is 6. The Hall–Kier alpha value is -1.84. The summed E-state index contributed by atoms with van der Waals surface area (Å²) in [5, 5.41) is 20.1. The first-order valence-electron chi connectivity index (χ1n) is 6.76. The van der Waals surface area contributed by atoms with E-state index in [1.165, 1.54) is 0 Å². The van der Waals surface area contributed by atoms with Gasteiger partial charge in [0.25, 0.3) is 0 Å². The van der Waals surface area contributed by atoms with Crippen LogP contribution in [0, 0.1) is 5.92 Å². The van der Waals surface area contributed by atoms with Crippen LogP contribution in [0.1, 0.15) is 23.7 Å². The van der Waals surface area contributed by atoms with Crippen molar-refractivity contribution in [3.8, 4) is 0 Å². The van der Waals surface area contributed by atoms with Gasteiger partial charge in [0.15, 0.2) is 0 Å². The van der Waals surface area contributed by atoms with Crippen molar-refractivity contribution in [3.05, 3.63) is 70.7 Å². The van der Waals surface area contributed by atoms with Crippen LogP contribution in [0.3, 0.4) is 0 Å². The first-order valence-corrected chi connectivity index (χ1v) is 7.14. The highest BCUT2D eigenvalue weighted by molar-refractivity contribution is 6.30. The van der Waals surface area contributed by atoms with Gasteiger partial charge in [-0.1, -0.05) is 54.1 Å². The minimum absolute atomic E-state index is 0.172. The number of benzene rings is 2. The van der Waals surface area contributed by atoms with E-state index in [-0.39, 0.29) is 6.42 Å². The number of carboxylic acid groups (broad SMARTS) is 1. The van der Waals surface area contributed by atoms with Crippen molar-refractivity contribution in [1.29, 1.82) is 0 Å². The second-order valence-electron chi connectivity index (χ2n) is 5.03. The molecule has 0 aliphatic heterocycles. The largest absolute Gasteiger partial charge is 0.481 e. The van der Waals surface area contributed by atoms with Crippen LogP contribution in [0.25, 0.3) is 0 Å². The maximum atomic E-state index is 11.4. The molecule has 0 saturated carbocycles. The van der Waals surface area contributed by atoms with E-state index in [9.17, 15) is 15.0 Å².